The van der Waals surface area contributed by atoms with Crippen molar-refractivity contribution in [2.45, 2.75) is 13.5 Å². The van der Waals surface area contributed by atoms with Crippen LogP contribution in [-0.2, 0) is 21.2 Å². The van der Waals surface area contributed by atoms with Crippen molar-refractivity contribution in [3.8, 4) is 5.75 Å². The minimum Gasteiger partial charge on any atom is -0.491 e. The van der Waals surface area contributed by atoms with E-state index in [2.05, 4.69) is 10.1 Å². The van der Waals surface area contributed by atoms with Crippen molar-refractivity contribution in [2.75, 3.05) is 12.9 Å². The summed E-state index contributed by atoms with van der Waals surface area (Å²) in [6.07, 6.45) is 4.53. The van der Waals surface area contributed by atoms with E-state index in [1.54, 1.807) is 6.08 Å². The number of aliphatic imine (C=N–C) groups is 1. The number of amides is 1. The molecule has 5 rings (SSSR count). The molecule has 0 unspecified atom stereocenters. The van der Waals surface area contributed by atoms with Gasteiger partial charge in [0.15, 0.2) is 5.84 Å². The summed E-state index contributed by atoms with van der Waals surface area (Å²) in [7, 11) is -3.59. The Labute approximate surface area is 206 Å². The Kier molecular flexibility index (Phi) is 5.81. The minimum absolute atomic E-state index is 0.0342. The molecular weight excluding hydrogens is 486 g/mol. The summed E-state index contributed by atoms with van der Waals surface area (Å²) >= 11 is 0.763. The van der Waals surface area contributed by atoms with Crippen LogP contribution in [0.3, 0.4) is 0 Å². The Hall–Kier alpha value is -3.70. The van der Waals surface area contributed by atoms with Crippen LogP contribution in [-0.4, -0.2) is 52.1 Å². The number of fused-ring (bicyclic) bond motifs is 2. The van der Waals surface area contributed by atoms with Gasteiger partial charge in [-0.2, -0.15) is 10.0 Å². The summed E-state index contributed by atoms with van der Waals surface area (Å²) in [5, 5.41) is 14.5. The molecule has 0 saturated carbocycles. The van der Waals surface area contributed by atoms with E-state index in [-0.39, 0.29) is 21.0 Å². The number of thioether (sulfide) groups is 1. The lowest BCUT2D eigenvalue weighted by Crippen LogP contribution is -2.35. The van der Waals surface area contributed by atoms with E-state index in [0.29, 0.717) is 13.2 Å². The number of nitrogens with zero attached hydrogens (tertiary/aromatic N) is 4. The second-order valence-electron chi connectivity index (χ2n) is 8.07. The van der Waals surface area contributed by atoms with Gasteiger partial charge in [-0.1, -0.05) is 36.4 Å². The third-order valence-electron chi connectivity index (χ3n) is 5.56. The molecule has 0 spiro atoms. The van der Waals surface area contributed by atoms with E-state index < -0.39 is 15.7 Å². The van der Waals surface area contributed by atoms with Crippen molar-refractivity contribution in [3.63, 3.8) is 0 Å². The largest absolute Gasteiger partial charge is 0.491 e. The molecule has 35 heavy (non-hydrogen) atoms. The lowest BCUT2D eigenvalue weighted by atomic mass is 10.1. The van der Waals surface area contributed by atoms with Gasteiger partial charge in [0.25, 0.3) is 5.91 Å². The Balaban J connectivity index is 1.45. The summed E-state index contributed by atoms with van der Waals surface area (Å²) < 4.78 is 31.5. The molecule has 0 radical (unpaired) electrons. The first kappa shape index (κ1) is 23.1. The van der Waals surface area contributed by atoms with E-state index in [0.717, 1.165) is 50.8 Å². The second-order valence-corrected chi connectivity index (χ2v) is 11.2. The van der Waals surface area contributed by atoms with Gasteiger partial charge in [0.05, 0.1) is 12.1 Å². The van der Waals surface area contributed by atoms with Crippen LogP contribution < -0.4 is 4.74 Å². The van der Waals surface area contributed by atoms with Gasteiger partial charge in [-0.15, -0.1) is 5.10 Å². The van der Waals surface area contributed by atoms with Crippen LogP contribution in [0, 0.1) is 12.3 Å². The number of hydrogen-bond donors (Lipinski definition) is 1. The molecule has 3 aromatic rings. The SMILES string of the molecule is Cc1ccccc1OCCn1cc(/C=C2\C(=N)N3N=C(S(C)(=O)=O)SC3=NC2=O)c2ccccc21. The minimum atomic E-state index is -3.59. The zero-order chi connectivity index (χ0) is 24.7. The van der Waals surface area contributed by atoms with Crippen LogP contribution in [0.5, 0.6) is 5.75 Å². The van der Waals surface area contributed by atoms with Crippen LogP contribution in [0.2, 0.25) is 0 Å². The molecule has 2 aliphatic heterocycles. The Bertz CT molecular complexity index is 1580. The fourth-order valence-corrected chi connectivity index (χ4v) is 5.51. The number of hydrogen-bond acceptors (Lipinski definition) is 7. The number of sulfone groups is 1. The first-order chi connectivity index (χ1) is 16.7. The van der Waals surface area contributed by atoms with Gasteiger partial charge in [-0.05, 0) is 42.5 Å². The molecule has 0 atom stereocenters. The summed E-state index contributed by atoms with van der Waals surface area (Å²) in [6, 6.07) is 15.6. The van der Waals surface area contributed by atoms with Gasteiger partial charge in [0, 0.05) is 28.9 Å². The Morgan fingerprint density at radius 3 is 2.66 bits per heavy atom. The molecule has 0 aliphatic carbocycles. The maximum atomic E-state index is 12.7. The fraction of sp³-hybridized carbons (Fsp3) is 0.167. The number of para-hydroxylation sites is 2. The van der Waals surface area contributed by atoms with Crippen molar-refractivity contribution in [3.05, 3.63) is 71.4 Å². The van der Waals surface area contributed by atoms with Crippen molar-refractivity contribution in [2.24, 2.45) is 10.1 Å². The predicted molar refractivity (Wildman–Crippen MR) is 138 cm³/mol. The molecule has 1 amide bonds. The highest BCUT2D eigenvalue weighted by atomic mass is 32.3. The van der Waals surface area contributed by atoms with Gasteiger partial charge in [-0.3, -0.25) is 10.2 Å². The zero-order valence-electron chi connectivity index (χ0n) is 18.9. The summed E-state index contributed by atoms with van der Waals surface area (Å²) in [4.78, 5) is 16.7. The lowest BCUT2D eigenvalue weighted by Gasteiger charge is -2.19. The molecule has 9 nitrogen and oxygen atoms in total. The van der Waals surface area contributed by atoms with Gasteiger partial charge in [-0.25, -0.2) is 8.42 Å². The van der Waals surface area contributed by atoms with Gasteiger partial charge < -0.3 is 9.30 Å². The number of amidine groups is 2. The third-order valence-corrected chi connectivity index (χ3v) is 8.13. The van der Waals surface area contributed by atoms with Crippen LogP contribution in [0.15, 0.2) is 70.4 Å². The number of nitrogens with one attached hydrogen (secondary N) is 1. The maximum absolute atomic E-state index is 12.7. The molecule has 11 heteroatoms. The summed E-state index contributed by atoms with van der Waals surface area (Å²) in [6.45, 7) is 3.03. The third kappa shape index (κ3) is 4.40. The topological polar surface area (TPSA) is 117 Å². The summed E-state index contributed by atoms with van der Waals surface area (Å²) in [5.41, 5.74) is 2.79. The van der Waals surface area contributed by atoms with Crippen molar-refractivity contribution in [1.29, 1.82) is 5.41 Å². The van der Waals surface area contributed by atoms with E-state index in [1.807, 2.05) is 66.2 Å². The molecule has 0 fully saturated rings. The number of hydrazone groups is 1. The van der Waals surface area contributed by atoms with E-state index >= 15 is 0 Å². The average molecular weight is 508 g/mol. The fourth-order valence-electron chi connectivity index (χ4n) is 3.83. The molecule has 2 aromatic carbocycles. The first-order valence-corrected chi connectivity index (χ1v) is 13.4. The highest BCUT2D eigenvalue weighted by Crippen LogP contribution is 2.31. The number of benzene rings is 2. The van der Waals surface area contributed by atoms with E-state index in [4.69, 9.17) is 10.1 Å². The molecule has 0 bridgehead atoms. The molecular formula is C24H21N5O4S2. The van der Waals surface area contributed by atoms with Crippen LogP contribution >= 0.6 is 11.8 Å². The summed E-state index contributed by atoms with van der Waals surface area (Å²) in [5.74, 6) is 0.00278. The van der Waals surface area contributed by atoms with Gasteiger partial charge in [0.2, 0.25) is 19.4 Å². The quantitative estimate of drug-likeness (QED) is 0.527. The standard InChI is InChI=1S/C24H21N5O4S2/c1-15-7-3-6-10-20(15)33-12-11-28-14-16(17-8-4-5-9-19(17)28)13-18-21(25)29-23(26-22(18)30)34-24(27-29)35(2,31)32/h3-10,13-14,25H,11-12H2,1-2H3/b18-13+,25-21?. The number of carbonyl (C=O) groups is 1. The predicted octanol–water partition coefficient (Wildman–Crippen LogP) is 3.65. The smallest absolute Gasteiger partial charge is 0.283 e. The second kappa shape index (κ2) is 8.82. The molecule has 3 heterocycles. The molecule has 1 aromatic heterocycles. The van der Waals surface area contributed by atoms with E-state index in [1.165, 1.54) is 0 Å². The number of aromatic nitrogens is 1. The van der Waals surface area contributed by atoms with Crippen molar-refractivity contribution >= 4 is 59.9 Å². The van der Waals surface area contributed by atoms with Crippen LogP contribution in [0.25, 0.3) is 17.0 Å². The number of ether oxygens (including phenoxy) is 1. The normalized spacial score (nSPS) is 17.1. The monoisotopic (exact) mass is 507 g/mol. The maximum Gasteiger partial charge on any atom is 0.283 e. The highest BCUT2D eigenvalue weighted by Gasteiger charge is 2.38. The molecule has 2 aliphatic rings. The first-order valence-electron chi connectivity index (χ1n) is 10.7. The number of carbonyl (C=O) groups excluding carboxylic acids is 1. The lowest BCUT2D eigenvalue weighted by molar-refractivity contribution is -0.114. The highest BCUT2D eigenvalue weighted by molar-refractivity contribution is 8.42. The van der Waals surface area contributed by atoms with Crippen LogP contribution in [0.4, 0.5) is 0 Å². The molecule has 178 valence electrons. The number of aryl methyl sites for hydroxylation is 1. The number of rotatable bonds is 5. The van der Waals surface area contributed by atoms with E-state index in [9.17, 15) is 13.2 Å². The average Bonchev–Trinajstić information content (AvgIpc) is 3.40. The Morgan fingerprint density at radius 2 is 1.89 bits per heavy atom. The van der Waals surface area contributed by atoms with Crippen molar-refractivity contribution in [1.82, 2.24) is 9.58 Å². The van der Waals surface area contributed by atoms with Crippen LogP contribution in [0.1, 0.15) is 11.1 Å². The Morgan fingerprint density at radius 1 is 1.14 bits per heavy atom. The zero-order valence-corrected chi connectivity index (χ0v) is 20.6. The molecule has 1 N–H and O–H groups in total. The molecule has 0 saturated heterocycles. The van der Waals surface area contributed by atoms with Crippen molar-refractivity contribution < 1.29 is 17.9 Å². The van der Waals surface area contributed by atoms with Gasteiger partial charge in [0.1, 0.15) is 12.4 Å². The van der Waals surface area contributed by atoms with Gasteiger partial charge >= 0.3 is 0 Å².